The molecule has 2 aromatic carbocycles. The normalized spacial score (nSPS) is 19.8. The molecule has 184 valence electrons. The molecule has 0 unspecified atom stereocenters. The number of ether oxygens (including phenoxy) is 1. The molecule has 2 aromatic rings. The molecule has 10 heteroatoms. The lowest BCUT2D eigenvalue weighted by molar-refractivity contribution is -0.146. The molecule has 34 heavy (non-hydrogen) atoms. The molecule has 0 fully saturated rings. The van der Waals surface area contributed by atoms with Crippen LogP contribution in [0.15, 0.2) is 35.4 Å². The minimum absolute atomic E-state index is 0.00759. The first-order valence-corrected chi connectivity index (χ1v) is 11.7. The lowest BCUT2D eigenvalue weighted by Gasteiger charge is -2.43. The smallest absolute Gasteiger partial charge is 0.273 e. The molecular formula is C24H27F4N3O2S. The Balaban J connectivity index is 2.36. The molecule has 0 aliphatic carbocycles. The van der Waals surface area contributed by atoms with Crippen molar-refractivity contribution in [3.63, 3.8) is 0 Å². The number of hydrazone groups is 1. The molecule has 0 radical (unpaired) electrons. The fraction of sp³-hybridized carbons (Fsp3) is 0.417. The molecule has 0 bridgehead atoms. The predicted octanol–water partition coefficient (Wildman–Crippen LogP) is 5.05. The van der Waals surface area contributed by atoms with Gasteiger partial charge in [0.1, 0.15) is 39.3 Å². The van der Waals surface area contributed by atoms with E-state index in [-0.39, 0.29) is 28.3 Å². The Morgan fingerprint density at radius 2 is 1.88 bits per heavy atom. The first-order valence-electron chi connectivity index (χ1n) is 10.9. The van der Waals surface area contributed by atoms with Gasteiger partial charge in [-0.15, -0.1) is 0 Å². The van der Waals surface area contributed by atoms with Crippen molar-refractivity contribution in [2.45, 2.75) is 44.6 Å². The summed E-state index contributed by atoms with van der Waals surface area (Å²) in [6.07, 6.45) is -0.128. The Morgan fingerprint density at radius 3 is 2.50 bits per heavy atom. The zero-order valence-corrected chi connectivity index (χ0v) is 20.2. The predicted molar refractivity (Wildman–Crippen MR) is 124 cm³/mol. The van der Waals surface area contributed by atoms with Crippen LogP contribution in [0.5, 0.6) is 0 Å². The molecule has 0 saturated carbocycles. The van der Waals surface area contributed by atoms with E-state index in [9.17, 15) is 22.4 Å². The zero-order valence-electron chi connectivity index (χ0n) is 19.4. The second kappa shape index (κ2) is 10.5. The highest BCUT2D eigenvalue weighted by molar-refractivity contribution is 8.15. The number of amides is 1. The summed E-state index contributed by atoms with van der Waals surface area (Å²) in [6.45, 7) is 5.07. The number of halogens is 4. The summed E-state index contributed by atoms with van der Waals surface area (Å²) < 4.78 is 63.3. The zero-order chi connectivity index (χ0) is 25.2. The van der Waals surface area contributed by atoms with Crippen LogP contribution in [-0.2, 0) is 14.4 Å². The fourth-order valence-electron chi connectivity index (χ4n) is 4.17. The van der Waals surface area contributed by atoms with E-state index in [0.717, 1.165) is 47.1 Å². The van der Waals surface area contributed by atoms with Gasteiger partial charge in [-0.1, -0.05) is 18.7 Å². The first-order chi connectivity index (χ1) is 16.1. The van der Waals surface area contributed by atoms with E-state index in [1.807, 2.05) is 6.92 Å². The SMILES string of the molecule is CC[C@H](CCN)[C@]1(c2cc(F)cc(F)c2C)SC(c2cc(F)ccc2F)=NN1C(=O)[C@H](C)OC. The van der Waals surface area contributed by atoms with E-state index in [4.69, 9.17) is 10.5 Å². The Kier molecular flexibility index (Phi) is 8.05. The molecule has 3 atom stereocenters. The van der Waals surface area contributed by atoms with Crippen LogP contribution < -0.4 is 5.73 Å². The van der Waals surface area contributed by atoms with Crippen molar-refractivity contribution in [2.75, 3.05) is 13.7 Å². The number of carbonyl (C=O) groups is 1. The second-order valence-electron chi connectivity index (χ2n) is 8.10. The van der Waals surface area contributed by atoms with Crippen molar-refractivity contribution in [3.05, 3.63) is 70.3 Å². The molecule has 3 rings (SSSR count). The minimum Gasteiger partial charge on any atom is -0.372 e. The number of rotatable bonds is 8. The van der Waals surface area contributed by atoms with Crippen LogP contribution in [-0.4, -0.2) is 35.7 Å². The van der Waals surface area contributed by atoms with E-state index in [1.165, 1.54) is 21.0 Å². The third-order valence-electron chi connectivity index (χ3n) is 6.08. The third kappa shape index (κ3) is 4.58. The van der Waals surface area contributed by atoms with E-state index in [0.29, 0.717) is 12.8 Å². The van der Waals surface area contributed by atoms with Gasteiger partial charge in [0.2, 0.25) is 0 Å². The van der Waals surface area contributed by atoms with Crippen LogP contribution in [0.2, 0.25) is 0 Å². The monoisotopic (exact) mass is 497 g/mol. The minimum atomic E-state index is -1.47. The summed E-state index contributed by atoms with van der Waals surface area (Å²) in [5.74, 6) is -4.10. The van der Waals surface area contributed by atoms with Crippen LogP contribution in [0.25, 0.3) is 0 Å². The topological polar surface area (TPSA) is 67.9 Å². The maximum absolute atomic E-state index is 14.8. The Bertz CT molecular complexity index is 1110. The van der Waals surface area contributed by atoms with Gasteiger partial charge in [-0.05, 0) is 74.5 Å². The van der Waals surface area contributed by atoms with Crippen LogP contribution in [0.4, 0.5) is 17.6 Å². The molecular weight excluding hydrogens is 470 g/mol. The molecule has 0 spiro atoms. The van der Waals surface area contributed by atoms with Crippen LogP contribution >= 0.6 is 11.8 Å². The molecule has 1 heterocycles. The molecule has 0 saturated heterocycles. The lowest BCUT2D eigenvalue weighted by atomic mass is 9.84. The Morgan fingerprint density at radius 1 is 1.18 bits per heavy atom. The molecule has 2 N–H and O–H groups in total. The number of thioether (sulfide) groups is 1. The van der Waals surface area contributed by atoms with Gasteiger partial charge >= 0.3 is 0 Å². The Labute approximate surface area is 200 Å². The molecule has 1 aliphatic rings. The first kappa shape index (κ1) is 26.2. The van der Waals surface area contributed by atoms with Crippen molar-refractivity contribution in [3.8, 4) is 0 Å². The average Bonchev–Trinajstić information content (AvgIpc) is 3.21. The summed E-state index contributed by atoms with van der Waals surface area (Å²) in [5, 5.41) is 5.52. The molecule has 5 nitrogen and oxygen atoms in total. The van der Waals surface area contributed by atoms with Crippen LogP contribution in [0.1, 0.15) is 43.4 Å². The number of nitrogens with two attached hydrogens (primary N) is 1. The summed E-state index contributed by atoms with van der Waals surface area (Å²) in [4.78, 5) is 12.0. The maximum Gasteiger partial charge on any atom is 0.273 e. The van der Waals surface area contributed by atoms with Gasteiger partial charge in [0, 0.05) is 18.7 Å². The van der Waals surface area contributed by atoms with Gasteiger partial charge in [0.25, 0.3) is 5.91 Å². The van der Waals surface area contributed by atoms with Gasteiger partial charge in [0.15, 0.2) is 0 Å². The Hall–Kier alpha value is -2.43. The van der Waals surface area contributed by atoms with Crippen LogP contribution in [0, 0.1) is 36.1 Å². The van der Waals surface area contributed by atoms with E-state index in [1.54, 1.807) is 0 Å². The number of hydrogen-bond donors (Lipinski definition) is 1. The highest BCUT2D eigenvalue weighted by Gasteiger charge is 2.55. The van der Waals surface area contributed by atoms with E-state index < -0.39 is 46.1 Å². The summed E-state index contributed by atoms with van der Waals surface area (Å²) in [7, 11) is 1.34. The number of benzene rings is 2. The quantitative estimate of drug-likeness (QED) is 0.519. The van der Waals surface area contributed by atoms with Gasteiger partial charge in [-0.3, -0.25) is 4.79 Å². The van der Waals surface area contributed by atoms with Gasteiger partial charge in [-0.25, -0.2) is 22.6 Å². The second-order valence-corrected chi connectivity index (χ2v) is 9.31. The molecule has 0 aromatic heterocycles. The van der Waals surface area contributed by atoms with Gasteiger partial charge in [0.05, 0.1) is 0 Å². The largest absolute Gasteiger partial charge is 0.372 e. The molecule has 1 aliphatic heterocycles. The summed E-state index contributed by atoms with van der Waals surface area (Å²) in [5.41, 5.74) is 6.00. The van der Waals surface area contributed by atoms with Crippen molar-refractivity contribution < 1.29 is 27.1 Å². The molecule has 1 amide bonds. The van der Waals surface area contributed by atoms with Crippen molar-refractivity contribution >= 4 is 22.7 Å². The summed E-state index contributed by atoms with van der Waals surface area (Å²) in [6, 6.07) is 4.82. The number of methoxy groups -OCH3 is 1. The number of carbonyl (C=O) groups excluding carboxylic acids is 1. The highest BCUT2D eigenvalue weighted by atomic mass is 32.2. The lowest BCUT2D eigenvalue weighted by Crippen LogP contribution is -2.50. The number of hydrogen-bond acceptors (Lipinski definition) is 5. The fourth-order valence-corrected chi connectivity index (χ4v) is 5.85. The van der Waals surface area contributed by atoms with Crippen molar-refractivity contribution in [1.82, 2.24) is 5.01 Å². The van der Waals surface area contributed by atoms with Crippen molar-refractivity contribution in [2.24, 2.45) is 16.8 Å². The van der Waals surface area contributed by atoms with Crippen LogP contribution in [0.3, 0.4) is 0 Å². The van der Waals surface area contributed by atoms with Gasteiger partial charge in [-0.2, -0.15) is 5.10 Å². The summed E-state index contributed by atoms with van der Waals surface area (Å²) >= 11 is 0.960. The number of nitrogens with zero attached hydrogens (tertiary/aromatic N) is 2. The van der Waals surface area contributed by atoms with Crippen molar-refractivity contribution in [1.29, 1.82) is 0 Å². The van der Waals surface area contributed by atoms with E-state index in [2.05, 4.69) is 5.10 Å². The average molecular weight is 498 g/mol. The van der Waals surface area contributed by atoms with Gasteiger partial charge < -0.3 is 10.5 Å². The maximum atomic E-state index is 14.8. The third-order valence-corrected chi connectivity index (χ3v) is 7.62. The highest BCUT2D eigenvalue weighted by Crippen LogP contribution is 2.55. The standard InChI is InChI=1S/C24H27F4N3O2S/c1-5-15(8-9-29)24(19-11-17(26)12-21(28)13(19)2)31(23(32)14(3)33-4)30-22(34-24)18-10-16(25)6-7-20(18)27/h6-7,10-12,14-15H,5,8-9,29H2,1-4H3/t14-,15+,24+/m0/s1. The van der Waals surface area contributed by atoms with E-state index >= 15 is 0 Å².